The average molecular weight is 205 g/mol. The highest BCUT2D eigenvalue weighted by molar-refractivity contribution is 5.53. The molecule has 0 amide bonds. The number of nitrogens with one attached hydrogen (secondary N) is 1. The maximum absolute atomic E-state index is 5.82. The zero-order valence-corrected chi connectivity index (χ0v) is 9.29. The molecule has 0 atom stereocenters. The van der Waals surface area contributed by atoms with Gasteiger partial charge in [-0.1, -0.05) is 12.8 Å². The van der Waals surface area contributed by atoms with E-state index in [1.807, 2.05) is 19.2 Å². The molecule has 1 aliphatic rings. The minimum atomic E-state index is 0.818. The average Bonchev–Trinajstić information content (AvgIpc) is 2.73. The molecule has 82 valence electrons. The first-order chi connectivity index (χ1) is 7.25. The lowest BCUT2D eigenvalue weighted by Crippen LogP contribution is -2.12. The van der Waals surface area contributed by atoms with E-state index >= 15 is 0 Å². The fourth-order valence-electron chi connectivity index (χ4n) is 2.10. The van der Waals surface area contributed by atoms with Gasteiger partial charge in [-0.2, -0.15) is 0 Å². The molecule has 3 N–H and O–H groups in total. The summed E-state index contributed by atoms with van der Waals surface area (Å²) in [5.74, 6) is 1.74. The first kappa shape index (κ1) is 10.3. The molecular formula is C12H19N3. The van der Waals surface area contributed by atoms with Crippen molar-refractivity contribution in [3.63, 3.8) is 0 Å². The van der Waals surface area contributed by atoms with Crippen LogP contribution in [0.3, 0.4) is 0 Å². The first-order valence-electron chi connectivity index (χ1n) is 5.71. The summed E-state index contributed by atoms with van der Waals surface area (Å²) in [6.07, 6.45) is 7.31. The van der Waals surface area contributed by atoms with Gasteiger partial charge >= 0.3 is 0 Å². The number of hydrogen-bond donors (Lipinski definition) is 2. The van der Waals surface area contributed by atoms with Crippen LogP contribution in [0.15, 0.2) is 12.3 Å². The Balaban J connectivity index is 1.90. The van der Waals surface area contributed by atoms with Crippen LogP contribution in [0.4, 0.5) is 11.5 Å². The van der Waals surface area contributed by atoms with Crippen LogP contribution in [0.25, 0.3) is 0 Å². The van der Waals surface area contributed by atoms with Crippen LogP contribution >= 0.6 is 0 Å². The van der Waals surface area contributed by atoms with Gasteiger partial charge in [0.15, 0.2) is 0 Å². The minimum Gasteiger partial charge on any atom is -0.398 e. The van der Waals surface area contributed by atoms with Crippen LogP contribution in [0.2, 0.25) is 0 Å². The lowest BCUT2D eigenvalue weighted by Gasteiger charge is -2.11. The number of pyridine rings is 1. The second-order valence-electron chi connectivity index (χ2n) is 4.46. The van der Waals surface area contributed by atoms with E-state index in [1.54, 1.807) is 0 Å². The van der Waals surface area contributed by atoms with Crippen LogP contribution in [0.5, 0.6) is 0 Å². The Morgan fingerprint density at radius 2 is 2.20 bits per heavy atom. The molecule has 3 heteroatoms. The molecule has 0 saturated heterocycles. The molecule has 1 aromatic heterocycles. The number of rotatable bonds is 3. The van der Waals surface area contributed by atoms with Crippen LogP contribution in [0, 0.1) is 12.8 Å². The summed E-state index contributed by atoms with van der Waals surface area (Å²) in [4.78, 5) is 4.31. The first-order valence-corrected chi connectivity index (χ1v) is 5.71. The molecule has 0 spiro atoms. The summed E-state index contributed by atoms with van der Waals surface area (Å²) in [6.45, 7) is 3.01. The quantitative estimate of drug-likeness (QED) is 0.797. The van der Waals surface area contributed by atoms with Crippen LogP contribution in [-0.2, 0) is 0 Å². The van der Waals surface area contributed by atoms with E-state index in [4.69, 9.17) is 5.73 Å². The van der Waals surface area contributed by atoms with Crippen LogP contribution in [0.1, 0.15) is 31.2 Å². The zero-order valence-electron chi connectivity index (χ0n) is 9.29. The summed E-state index contributed by atoms with van der Waals surface area (Å²) in [7, 11) is 0. The Labute approximate surface area is 91.1 Å². The number of aryl methyl sites for hydroxylation is 1. The molecule has 1 aromatic rings. The van der Waals surface area contributed by atoms with E-state index in [0.717, 1.165) is 29.5 Å². The van der Waals surface area contributed by atoms with Crippen molar-refractivity contribution in [2.75, 3.05) is 17.6 Å². The van der Waals surface area contributed by atoms with Crippen molar-refractivity contribution >= 4 is 11.5 Å². The van der Waals surface area contributed by atoms with Crippen LogP contribution in [-0.4, -0.2) is 11.5 Å². The Morgan fingerprint density at radius 3 is 2.87 bits per heavy atom. The molecular weight excluding hydrogens is 186 g/mol. The van der Waals surface area contributed by atoms with Crippen molar-refractivity contribution in [2.24, 2.45) is 5.92 Å². The molecule has 0 aromatic carbocycles. The Hall–Kier alpha value is -1.25. The molecule has 1 fully saturated rings. The number of anilines is 2. The third kappa shape index (κ3) is 2.61. The van der Waals surface area contributed by atoms with Crippen LogP contribution < -0.4 is 11.1 Å². The van der Waals surface area contributed by atoms with Gasteiger partial charge in [-0.25, -0.2) is 4.98 Å². The van der Waals surface area contributed by atoms with E-state index < -0.39 is 0 Å². The van der Waals surface area contributed by atoms with E-state index in [0.29, 0.717) is 0 Å². The van der Waals surface area contributed by atoms with E-state index in [1.165, 1.54) is 25.7 Å². The number of nitrogens with zero attached hydrogens (tertiary/aromatic N) is 1. The molecule has 0 unspecified atom stereocenters. The van der Waals surface area contributed by atoms with Gasteiger partial charge in [0.2, 0.25) is 0 Å². The van der Waals surface area contributed by atoms with Gasteiger partial charge in [0.05, 0.1) is 0 Å². The third-order valence-electron chi connectivity index (χ3n) is 3.19. The number of nitrogens with two attached hydrogens (primary N) is 1. The summed E-state index contributed by atoms with van der Waals surface area (Å²) in [5.41, 5.74) is 7.69. The molecule has 3 nitrogen and oxygen atoms in total. The van der Waals surface area contributed by atoms with Crippen molar-refractivity contribution in [1.29, 1.82) is 0 Å². The van der Waals surface area contributed by atoms with E-state index in [-0.39, 0.29) is 0 Å². The third-order valence-corrected chi connectivity index (χ3v) is 3.19. The SMILES string of the molecule is Cc1cnc(NCC2CCCC2)cc1N. The highest BCUT2D eigenvalue weighted by Gasteiger charge is 2.14. The van der Waals surface area contributed by atoms with Gasteiger partial charge in [-0.3, -0.25) is 0 Å². The van der Waals surface area contributed by atoms with Gasteiger partial charge in [-0.05, 0) is 31.2 Å². The molecule has 0 radical (unpaired) electrons. The topological polar surface area (TPSA) is 50.9 Å². The highest BCUT2D eigenvalue weighted by atomic mass is 15.0. The standard InChI is InChI=1S/C12H19N3/c1-9-7-14-12(6-11(9)13)15-8-10-4-2-3-5-10/h6-7,10H,2-5,8H2,1H3,(H3,13,14,15). The van der Waals surface area contributed by atoms with Gasteiger partial charge in [0, 0.05) is 24.5 Å². The lowest BCUT2D eigenvalue weighted by atomic mass is 10.1. The maximum Gasteiger partial charge on any atom is 0.127 e. The summed E-state index contributed by atoms with van der Waals surface area (Å²) in [6, 6.07) is 1.92. The Kier molecular flexibility index (Phi) is 3.09. The predicted molar refractivity (Wildman–Crippen MR) is 63.8 cm³/mol. The Bertz CT molecular complexity index is 330. The molecule has 1 aliphatic carbocycles. The van der Waals surface area contributed by atoms with E-state index in [2.05, 4.69) is 10.3 Å². The molecule has 0 aliphatic heterocycles. The predicted octanol–water partition coefficient (Wildman–Crippen LogP) is 2.57. The maximum atomic E-state index is 5.82. The van der Waals surface area contributed by atoms with Gasteiger partial charge in [-0.15, -0.1) is 0 Å². The van der Waals surface area contributed by atoms with Crippen molar-refractivity contribution < 1.29 is 0 Å². The van der Waals surface area contributed by atoms with Crippen molar-refractivity contribution in [2.45, 2.75) is 32.6 Å². The molecule has 0 bridgehead atoms. The number of aromatic nitrogens is 1. The number of nitrogen functional groups attached to an aromatic ring is 1. The fraction of sp³-hybridized carbons (Fsp3) is 0.583. The summed E-state index contributed by atoms with van der Waals surface area (Å²) >= 11 is 0. The molecule has 1 heterocycles. The summed E-state index contributed by atoms with van der Waals surface area (Å²) < 4.78 is 0. The molecule has 15 heavy (non-hydrogen) atoms. The summed E-state index contributed by atoms with van der Waals surface area (Å²) in [5, 5.41) is 3.36. The smallest absolute Gasteiger partial charge is 0.127 e. The lowest BCUT2D eigenvalue weighted by molar-refractivity contribution is 0.579. The van der Waals surface area contributed by atoms with Gasteiger partial charge < -0.3 is 11.1 Å². The second-order valence-corrected chi connectivity index (χ2v) is 4.46. The normalized spacial score (nSPS) is 16.9. The minimum absolute atomic E-state index is 0.818. The van der Waals surface area contributed by atoms with Gasteiger partial charge in [0.1, 0.15) is 5.82 Å². The van der Waals surface area contributed by atoms with Gasteiger partial charge in [0.25, 0.3) is 0 Å². The van der Waals surface area contributed by atoms with Crippen molar-refractivity contribution in [1.82, 2.24) is 4.98 Å². The molecule has 2 rings (SSSR count). The molecule has 1 saturated carbocycles. The van der Waals surface area contributed by atoms with E-state index in [9.17, 15) is 0 Å². The monoisotopic (exact) mass is 205 g/mol. The largest absolute Gasteiger partial charge is 0.398 e. The Morgan fingerprint density at radius 1 is 1.47 bits per heavy atom. The second kappa shape index (κ2) is 4.51. The highest BCUT2D eigenvalue weighted by Crippen LogP contribution is 2.25. The fourth-order valence-corrected chi connectivity index (χ4v) is 2.10. The van der Waals surface area contributed by atoms with Crippen molar-refractivity contribution in [3.05, 3.63) is 17.8 Å². The number of hydrogen-bond acceptors (Lipinski definition) is 3. The van der Waals surface area contributed by atoms with Crippen molar-refractivity contribution in [3.8, 4) is 0 Å². The zero-order chi connectivity index (χ0) is 10.7.